The van der Waals surface area contributed by atoms with Gasteiger partial charge >= 0.3 is 0 Å². The van der Waals surface area contributed by atoms with Crippen molar-refractivity contribution in [3.63, 3.8) is 0 Å². The first-order valence-electron chi connectivity index (χ1n) is 18.1. The fourth-order valence-electron chi connectivity index (χ4n) is 5.62. The molecule has 0 aliphatic heterocycles. The summed E-state index contributed by atoms with van der Waals surface area (Å²) in [7, 11) is 0. The Morgan fingerprint density at radius 3 is 1.74 bits per heavy atom. The van der Waals surface area contributed by atoms with Gasteiger partial charge in [-0.2, -0.15) is 0 Å². The van der Waals surface area contributed by atoms with Crippen LogP contribution < -0.4 is 4.74 Å². The number of ether oxygens (including phenoxy) is 2. The van der Waals surface area contributed by atoms with E-state index in [4.69, 9.17) is 9.47 Å². The van der Waals surface area contributed by atoms with E-state index in [-0.39, 0.29) is 17.9 Å². The molecule has 47 heavy (non-hydrogen) atoms. The first kappa shape index (κ1) is 38.0. The number of hydrogen-bond donors (Lipinski definition) is 0. The highest BCUT2D eigenvalue weighted by Gasteiger charge is 2.12. The van der Waals surface area contributed by atoms with Gasteiger partial charge in [0, 0.05) is 12.0 Å². The fourth-order valence-corrected chi connectivity index (χ4v) is 5.62. The fraction of sp³-hybridized carbons (Fsp3) is 0.465. The van der Waals surface area contributed by atoms with Gasteiger partial charge in [0.1, 0.15) is 11.6 Å². The summed E-state index contributed by atoms with van der Waals surface area (Å²) in [5.74, 6) is 0.206. The Balaban J connectivity index is 1.41. The molecule has 3 aromatic rings. The second-order valence-electron chi connectivity index (χ2n) is 12.8. The van der Waals surface area contributed by atoms with E-state index < -0.39 is 0 Å². The van der Waals surface area contributed by atoms with E-state index in [1.54, 1.807) is 6.08 Å². The molecule has 3 nitrogen and oxygen atoms in total. The zero-order valence-electron chi connectivity index (χ0n) is 29.0. The Kier molecular flexibility index (Phi) is 18.5. The summed E-state index contributed by atoms with van der Waals surface area (Å²) >= 11 is 0. The molecule has 4 heteroatoms. The first-order valence-corrected chi connectivity index (χ1v) is 18.1. The average Bonchev–Trinajstić information content (AvgIpc) is 3.08. The Morgan fingerprint density at radius 2 is 1.21 bits per heavy atom. The molecule has 0 aromatic heterocycles. The third kappa shape index (κ3) is 16.2. The summed E-state index contributed by atoms with van der Waals surface area (Å²) in [5, 5.41) is 0. The van der Waals surface area contributed by atoms with Crippen LogP contribution in [0.2, 0.25) is 0 Å². The summed E-state index contributed by atoms with van der Waals surface area (Å²) in [6.07, 6.45) is 23.8. The smallest absolute Gasteiger partial charge is 0.200 e. The minimum Gasteiger partial charge on any atom is -0.465 e. The molecule has 0 N–H and O–H groups in total. The Labute approximate surface area is 284 Å². The van der Waals surface area contributed by atoms with Crippen molar-refractivity contribution in [2.75, 3.05) is 0 Å². The lowest BCUT2D eigenvalue weighted by Crippen LogP contribution is -2.20. The molecule has 0 bridgehead atoms. The maximum atomic E-state index is 13.2. The zero-order valence-corrected chi connectivity index (χ0v) is 29.0. The predicted molar refractivity (Wildman–Crippen MR) is 196 cm³/mol. The topological polar surface area (TPSA) is 35.5 Å². The molecular weight excluding hydrogens is 583 g/mol. The lowest BCUT2D eigenvalue weighted by molar-refractivity contribution is -0.0944. The van der Waals surface area contributed by atoms with Crippen LogP contribution in [0.25, 0.3) is 11.6 Å². The van der Waals surface area contributed by atoms with Crippen molar-refractivity contribution in [1.29, 1.82) is 0 Å². The van der Waals surface area contributed by atoms with Crippen molar-refractivity contribution in [3.8, 4) is 5.75 Å². The van der Waals surface area contributed by atoms with Crippen LogP contribution in [0.3, 0.4) is 0 Å². The maximum Gasteiger partial charge on any atom is 0.200 e. The largest absolute Gasteiger partial charge is 0.465 e. The van der Waals surface area contributed by atoms with Gasteiger partial charge in [-0.3, -0.25) is 4.79 Å². The van der Waals surface area contributed by atoms with Crippen LogP contribution in [-0.4, -0.2) is 12.1 Å². The third-order valence-corrected chi connectivity index (χ3v) is 8.63. The normalized spacial score (nSPS) is 12.0. The van der Waals surface area contributed by atoms with Crippen LogP contribution in [0.4, 0.5) is 4.39 Å². The molecule has 254 valence electrons. The summed E-state index contributed by atoms with van der Waals surface area (Å²) < 4.78 is 25.8. The molecule has 3 rings (SSSR count). The Bertz CT molecular complexity index is 1310. The van der Waals surface area contributed by atoms with Crippen LogP contribution in [0.1, 0.15) is 144 Å². The van der Waals surface area contributed by atoms with Crippen LogP contribution in [-0.2, 0) is 11.3 Å². The number of rotatable bonds is 25. The van der Waals surface area contributed by atoms with E-state index in [0.29, 0.717) is 12.2 Å². The minimum absolute atomic E-state index is 0.168. The number of unbranched alkanes of at least 4 members (excludes halogenated alkanes) is 14. The van der Waals surface area contributed by atoms with Gasteiger partial charge in [0.05, 0.1) is 6.61 Å². The van der Waals surface area contributed by atoms with Gasteiger partial charge in [-0.1, -0.05) is 151 Å². The van der Waals surface area contributed by atoms with Crippen molar-refractivity contribution in [3.05, 3.63) is 114 Å². The zero-order chi connectivity index (χ0) is 33.5. The molecule has 0 fully saturated rings. The minimum atomic E-state index is -0.358. The summed E-state index contributed by atoms with van der Waals surface area (Å²) in [6, 6.07) is 21.6. The maximum absolute atomic E-state index is 13.2. The number of carbonyl (C=O) groups is 1. The number of carbonyl (C=O) groups excluding carboxylic acids is 1. The molecule has 0 heterocycles. The van der Waals surface area contributed by atoms with E-state index in [2.05, 4.69) is 37.8 Å². The van der Waals surface area contributed by atoms with E-state index in [0.717, 1.165) is 40.9 Å². The number of halogens is 1. The van der Waals surface area contributed by atoms with E-state index in [1.165, 1.54) is 120 Å². The van der Waals surface area contributed by atoms with Gasteiger partial charge in [-0.15, -0.1) is 0 Å². The second kappa shape index (κ2) is 22.9. The summed E-state index contributed by atoms with van der Waals surface area (Å²) in [4.78, 5) is 12.4. The van der Waals surface area contributed by atoms with E-state index in [9.17, 15) is 9.18 Å². The van der Waals surface area contributed by atoms with Gasteiger partial charge in [0.2, 0.25) is 0 Å². The molecule has 0 saturated carbocycles. The number of hydrogen-bond acceptors (Lipinski definition) is 3. The molecule has 1 unspecified atom stereocenters. The average molecular weight is 641 g/mol. The van der Waals surface area contributed by atoms with Gasteiger partial charge in [0.15, 0.2) is 12.1 Å². The molecule has 0 spiro atoms. The molecule has 3 aromatic carbocycles. The van der Waals surface area contributed by atoms with Crippen molar-refractivity contribution >= 4 is 17.4 Å². The lowest BCUT2D eigenvalue weighted by Gasteiger charge is -2.20. The summed E-state index contributed by atoms with van der Waals surface area (Å²) in [6.45, 7) is 8.79. The molecule has 1 atom stereocenters. The molecule has 0 aliphatic rings. The monoisotopic (exact) mass is 640 g/mol. The number of ketones is 1. The standard InChI is InChI=1S/C43H57FO3/c1-4-5-6-7-8-9-10-11-12-13-14-15-16-17-18-19-43(46-34-37-20-25-38(26-21-37)35(2)3)47-41-31-22-36(23-32-41)24-33-42(45)39-27-29-40(44)30-28-39/h20-33,43H,2,4-19,34H2,1,3H3. The van der Waals surface area contributed by atoms with Crippen LogP contribution >= 0.6 is 0 Å². The second-order valence-corrected chi connectivity index (χ2v) is 12.8. The van der Waals surface area contributed by atoms with Gasteiger partial charge < -0.3 is 9.47 Å². The SMILES string of the molecule is C=C(C)c1ccc(COC(CCCCCCCCCCCCCCCCC)Oc2ccc(C=CC(=O)c3ccc(F)cc3)cc2)cc1. The Hall–Kier alpha value is -3.50. The quantitative estimate of drug-likeness (QED) is 0.0400. The molecule has 0 aliphatic carbocycles. The van der Waals surface area contributed by atoms with Crippen molar-refractivity contribution in [1.82, 2.24) is 0 Å². The third-order valence-electron chi connectivity index (χ3n) is 8.63. The van der Waals surface area contributed by atoms with E-state index >= 15 is 0 Å². The molecule has 0 saturated heterocycles. The highest BCUT2D eigenvalue weighted by molar-refractivity contribution is 6.06. The van der Waals surface area contributed by atoms with Gasteiger partial charge in [0.25, 0.3) is 0 Å². The lowest BCUT2D eigenvalue weighted by atomic mass is 10.0. The van der Waals surface area contributed by atoms with Crippen LogP contribution in [0.15, 0.2) is 85.5 Å². The van der Waals surface area contributed by atoms with Crippen molar-refractivity contribution in [2.45, 2.75) is 129 Å². The first-order chi connectivity index (χ1) is 22.9. The highest BCUT2D eigenvalue weighted by atomic mass is 19.1. The van der Waals surface area contributed by atoms with Gasteiger partial charge in [-0.25, -0.2) is 4.39 Å². The van der Waals surface area contributed by atoms with Crippen molar-refractivity contribution < 1.29 is 18.7 Å². The van der Waals surface area contributed by atoms with E-state index in [1.807, 2.05) is 31.2 Å². The predicted octanol–water partition coefficient (Wildman–Crippen LogP) is 12.9. The van der Waals surface area contributed by atoms with Crippen LogP contribution in [0.5, 0.6) is 5.75 Å². The molecular formula is C43H57FO3. The highest BCUT2D eigenvalue weighted by Crippen LogP contribution is 2.21. The Morgan fingerprint density at radius 1 is 0.702 bits per heavy atom. The molecule has 0 radical (unpaired) electrons. The molecule has 0 amide bonds. The van der Waals surface area contributed by atoms with Gasteiger partial charge in [-0.05, 0) is 72.5 Å². The van der Waals surface area contributed by atoms with Crippen molar-refractivity contribution in [2.24, 2.45) is 0 Å². The number of benzene rings is 3. The summed E-state index contributed by atoms with van der Waals surface area (Å²) in [5.41, 5.74) is 4.62. The number of allylic oxidation sites excluding steroid dienone is 2. The van der Waals surface area contributed by atoms with Crippen LogP contribution in [0, 0.1) is 5.82 Å².